The second-order valence-corrected chi connectivity index (χ2v) is 6.30. The first-order valence-electron chi connectivity index (χ1n) is 8.06. The van der Waals surface area contributed by atoms with Gasteiger partial charge < -0.3 is 5.32 Å². The van der Waals surface area contributed by atoms with Crippen molar-refractivity contribution in [3.63, 3.8) is 0 Å². The van der Waals surface area contributed by atoms with Gasteiger partial charge in [0.1, 0.15) is 0 Å². The van der Waals surface area contributed by atoms with Crippen LogP contribution >= 0.6 is 0 Å². The second kappa shape index (κ2) is 6.54. The fourth-order valence-corrected chi connectivity index (χ4v) is 3.28. The molecule has 2 aromatic rings. The van der Waals surface area contributed by atoms with E-state index in [0.717, 1.165) is 48.7 Å². The van der Waals surface area contributed by atoms with Gasteiger partial charge >= 0.3 is 0 Å². The molecule has 3 rings (SSSR count). The van der Waals surface area contributed by atoms with Gasteiger partial charge in [-0.05, 0) is 39.3 Å². The molecule has 7 nitrogen and oxygen atoms in total. The number of carbonyl (C=O) groups is 1. The lowest BCUT2D eigenvalue weighted by atomic mass is 9.95. The van der Waals surface area contributed by atoms with Crippen molar-refractivity contribution in [3.8, 4) is 0 Å². The Bertz CT molecular complexity index is 675. The van der Waals surface area contributed by atoms with Crippen molar-refractivity contribution < 1.29 is 4.79 Å². The van der Waals surface area contributed by atoms with E-state index in [-0.39, 0.29) is 5.91 Å². The molecule has 0 radical (unpaired) electrons. The van der Waals surface area contributed by atoms with Crippen LogP contribution in [0.4, 0.5) is 5.69 Å². The molecule has 1 aliphatic heterocycles. The van der Waals surface area contributed by atoms with E-state index in [1.54, 1.807) is 10.9 Å². The van der Waals surface area contributed by atoms with Gasteiger partial charge in [-0.1, -0.05) is 0 Å². The molecular formula is C16H24N6O. The Morgan fingerprint density at radius 2 is 2.30 bits per heavy atom. The minimum atomic E-state index is 0.0226. The monoisotopic (exact) mass is 316 g/mol. The van der Waals surface area contributed by atoms with E-state index >= 15 is 0 Å². The third-order valence-electron chi connectivity index (χ3n) is 4.61. The largest absolute Gasteiger partial charge is 0.322 e. The molecular weight excluding hydrogens is 292 g/mol. The number of H-pyrrole nitrogens is 1. The van der Waals surface area contributed by atoms with Crippen LogP contribution in [0.1, 0.15) is 35.8 Å². The first-order chi connectivity index (χ1) is 11.0. The summed E-state index contributed by atoms with van der Waals surface area (Å²) in [6, 6.07) is 2.02. The molecule has 124 valence electrons. The highest BCUT2D eigenvalue weighted by Crippen LogP contribution is 2.25. The molecule has 1 aliphatic rings. The molecule has 0 saturated carbocycles. The van der Waals surface area contributed by atoms with E-state index < -0.39 is 0 Å². The molecule has 2 N–H and O–H groups in total. The van der Waals surface area contributed by atoms with Gasteiger partial charge in [-0.2, -0.15) is 10.2 Å². The van der Waals surface area contributed by atoms with Gasteiger partial charge in [0.05, 0.1) is 23.6 Å². The predicted octanol–water partition coefficient (Wildman–Crippen LogP) is 1.58. The normalized spacial score (nSPS) is 19.0. The highest BCUT2D eigenvalue weighted by molar-refractivity contribution is 5.93. The molecule has 2 aromatic heterocycles. The molecule has 0 bridgehead atoms. The van der Waals surface area contributed by atoms with Crippen molar-refractivity contribution in [3.05, 3.63) is 29.3 Å². The molecule has 7 heteroatoms. The Balaban J connectivity index is 1.59. The zero-order valence-electron chi connectivity index (χ0n) is 14.0. The zero-order valence-corrected chi connectivity index (χ0v) is 14.0. The lowest BCUT2D eigenvalue weighted by Crippen LogP contribution is -2.40. The standard InChI is InChI=1S/C16H24N6O/c1-11-16(12(2)21(3)20-11)18-15(23)10-22-8-4-5-13(9-22)14-6-7-17-19-14/h6-7,13H,4-5,8-10H2,1-3H3,(H,17,19)(H,18,23)/t13-/m0/s1. The van der Waals surface area contributed by atoms with Gasteiger partial charge in [0.2, 0.25) is 5.91 Å². The van der Waals surface area contributed by atoms with Crippen LogP contribution in [0, 0.1) is 13.8 Å². The third-order valence-corrected chi connectivity index (χ3v) is 4.61. The van der Waals surface area contributed by atoms with E-state index in [0.29, 0.717) is 12.5 Å². The van der Waals surface area contributed by atoms with Crippen molar-refractivity contribution >= 4 is 11.6 Å². The minimum Gasteiger partial charge on any atom is -0.322 e. The summed E-state index contributed by atoms with van der Waals surface area (Å²) in [5, 5.41) is 14.4. The highest BCUT2D eigenvalue weighted by Gasteiger charge is 2.24. The first kappa shape index (κ1) is 15.7. The number of anilines is 1. The van der Waals surface area contributed by atoms with E-state index in [4.69, 9.17) is 0 Å². The maximum Gasteiger partial charge on any atom is 0.238 e. The molecule has 1 fully saturated rings. The van der Waals surface area contributed by atoms with Gasteiger partial charge in [-0.3, -0.25) is 19.5 Å². The van der Waals surface area contributed by atoms with Crippen molar-refractivity contribution in [1.29, 1.82) is 0 Å². The van der Waals surface area contributed by atoms with Crippen molar-refractivity contribution in [1.82, 2.24) is 24.9 Å². The average Bonchev–Trinajstić information content (AvgIpc) is 3.13. The number of aromatic amines is 1. The lowest BCUT2D eigenvalue weighted by molar-refractivity contribution is -0.117. The predicted molar refractivity (Wildman–Crippen MR) is 88.3 cm³/mol. The quantitative estimate of drug-likeness (QED) is 0.897. The summed E-state index contributed by atoms with van der Waals surface area (Å²) in [5.74, 6) is 0.454. The zero-order chi connectivity index (χ0) is 16.4. The molecule has 1 saturated heterocycles. The van der Waals surface area contributed by atoms with Gasteiger partial charge in [0, 0.05) is 31.4 Å². The number of carbonyl (C=O) groups excluding carboxylic acids is 1. The van der Waals surface area contributed by atoms with Crippen molar-refractivity contribution in [2.45, 2.75) is 32.6 Å². The van der Waals surface area contributed by atoms with Crippen molar-refractivity contribution in [2.24, 2.45) is 7.05 Å². The van der Waals surface area contributed by atoms with E-state index in [2.05, 4.69) is 25.5 Å². The molecule has 1 amide bonds. The van der Waals surface area contributed by atoms with Crippen LogP contribution in [0.25, 0.3) is 0 Å². The van der Waals surface area contributed by atoms with E-state index in [1.165, 1.54) is 0 Å². The van der Waals surface area contributed by atoms with Crippen LogP contribution in [0.15, 0.2) is 12.3 Å². The Morgan fingerprint density at radius 3 is 2.96 bits per heavy atom. The van der Waals surface area contributed by atoms with Gasteiger partial charge in [0.15, 0.2) is 0 Å². The molecule has 0 spiro atoms. The highest BCUT2D eigenvalue weighted by atomic mass is 16.2. The summed E-state index contributed by atoms with van der Waals surface area (Å²) in [5.41, 5.74) is 3.82. The Labute approximate surface area is 136 Å². The molecule has 3 heterocycles. The molecule has 0 aliphatic carbocycles. The first-order valence-corrected chi connectivity index (χ1v) is 8.06. The fourth-order valence-electron chi connectivity index (χ4n) is 3.28. The molecule has 23 heavy (non-hydrogen) atoms. The topological polar surface area (TPSA) is 78.8 Å². The number of aromatic nitrogens is 4. The number of aryl methyl sites for hydroxylation is 2. The Morgan fingerprint density at radius 1 is 1.48 bits per heavy atom. The SMILES string of the molecule is Cc1nn(C)c(C)c1NC(=O)CN1CCC[C@H](c2ccn[nH]2)C1. The third kappa shape index (κ3) is 3.44. The number of amides is 1. The summed E-state index contributed by atoms with van der Waals surface area (Å²) in [4.78, 5) is 14.6. The lowest BCUT2D eigenvalue weighted by Gasteiger charge is -2.31. The summed E-state index contributed by atoms with van der Waals surface area (Å²) < 4.78 is 1.79. The summed E-state index contributed by atoms with van der Waals surface area (Å²) in [6.07, 6.45) is 4.03. The number of hydrogen-bond donors (Lipinski definition) is 2. The van der Waals surface area contributed by atoms with Crippen LogP contribution < -0.4 is 5.32 Å². The number of rotatable bonds is 4. The number of piperidine rings is 1. The number of nitrogens with one attached hydrogen (secondary N) is 2. The van der Waals surface area contributed by atoms with Gasteiger partial charge in [-0.15, -0.1) is 0 Å². The van der Waals surface area contributed by atoms with Crippen molar-refractivity contribution in [2.75, 3.05) is 25.0 Å². The number of hydrogen-bond acceptors (Lipinski definition) is 4. The number of nitrogens with zero attached hydrogens (tertiary/aromatic N) is 4. The summed E-state index contributed by atoms with van der Waals surface area (Å²) in [6.45, 7) is 6.14. The smallest absolute Gasteiger partial charge is 0.238 e. The fraction of sp³-hybridized carbons (Fsp3) is 0.562. The maximum atomic E-state index is 12.4. The van der Waals surface area contributed by atoms with Gasteiger partial charge in [0.25, 0.3) is 0 Å². The van der Waals surface area contributed by atoms with Crippen LogP contribution in [0.3, 0.4) is 0 Å². The van der Waals surface area contributed by atoms with Crippen LogP contribution in [-0.4, -0.2) is 50.4 Å². The Kier molecular flexibility index (Phi) is 4.47. The molecule has 0 aromatic carbocycles. The van der Waals surface area contributed by atoms with Crippen LogP contribution in [0.5, 0.6) is 0 Å². The molecule has 1 atom stereocenters. The summed E-state index contributed by atoms with van der Waals surface area (Å²) >= 11 is 0. The Hall–Kier alpha value is -2.15. The summed E-state index contributed by atoms with van der Waals surface area (Å²) in [7, 11) is 1.89. The average molecular weight is 316 g/mol. The van der Waals surface area contributed by atoms with E-state index in [1.807, 2.05) is 27.0 Å². The maximum absolute atomic E-state index is 12.4. The van der Waals surface area contributed by atoms with Crippen LogP contribution in [-0.2, 0) is 11.8 Å². The van der Waals surface area contributed by atoms with E-state index in [9.17, 15) is 4.79 Å². The molecule has 0 unspecified atom stereocenters. The number of likely N-dealkylation sites (tertiary alicyclic amines) is 1. The van der Waals surface area contributed by atoms with Gasteiger partial charge in [-0.25, -0.2) is 0 Å². The van der Waals surface area contributed by atoms with Crippen LogP contribution in [0.2, 0.25) is 0 Å². The minimum absolute atomic E-state index is 0.0226. The second-order valence-electron chi connectivity index (χ2n) is 6.30.